The number of nitrogens with one attached hydrogen (secondary N) is 1. The summed E-state index contributed by atoms with van der Waals surface area (Å²) in [4.78, 5) is 4.51. The highest BCUT2D eigenvalue weighted by molar-refractivity contribution is 7.22. The van der Waals surface area contributed by atoms with Gasteiger partial charge in [0, 0.05) is 10.7 Å². The van der Waals surface area contributed by atoms with E-state index in [1.807, 2.05) is 42.5 Å². The summed E-state index contributed by atoms with van der Waals surface area (Å²) in [6, 6.07) is 13.4. The van der Waals surface area contributed by atoms with Gasteiger partial charge in [-0.25, -0.2) is 4.98 Å². The minimum Gasteiger partial charge on any atom is -0.497 e. The van der Waals surface area contributed by atoms with Gasteiger partial charge in [-0.3, -0.25) is 0 Å². The summed E-state index contributed by atoms with van der Waals surface area (Å²) in [6.07, 6.45) is 0. The van der Waals surface area contributed by atoms with Crippen LogP contribution in [0.15, 0.2) is 42.5 Å². The highest BCUT2D eigenvalue weighted by Gasteiger charge is 2.04. The van der Waals surface area contributed by atoms with Crippen molar-refractivity contribution < 1.29 is 4.74 Å². The summed E-state index contributed by atoms with van der Waals surface area (Å²) in [5, 5.41) is 4.85. The summed E-state index contributed by atoms with van der Waals surface area (Å²) in [6.45, 7) is 0. The molecule has 96 valence electrons. The standard InChI is InChI=1S/C14H11ClN2OS/c1-18-11-5-3-10(4-6-11)16-14-17-12-7-2-9(15)8-13(12)19-14/h2-8H,1H3,(H,16,17). The smallest absolute Gasteiger partial charge is 0.188 e. The summed E-state index contributed by atoms with van der Waals surface area (Å²) in [5.74, 6) is 0.835. The van der Waals surface area contributed by atoms with Gasteiger partial charge in [0.25, 0.3) is 0 Å². The molecule has 3 rings (SSSR count). The van der Waals surface area contributed by atoms with Crippen LogP contribution in [0.4, 0.5) is 10.8 Å². The molecule has 0 aliphatic carbocycles. The molecule has 0 amide bonds. The predicted octanol–water partition coefficient (Wildman–Crippen LogP) is 4.70. The van der Waals surface area contributed by atoms with E-state index in [1.165, 1.54) is 0 Å². The zero-order valence-corrected chi connectivity index (χ0v) is 11.8. The molecule has 2 aromatic carbocycles. The maximum atomic E-state index is 5.97. The molecule has 1 aromatic heterocycles. The molecule has 1 heterocycles. The van der Waals surface area contributed by atoms with Crippen molar-refractivity contribution in [2.75, 3.05) is 12.4 Å². The van der Waals surface area contributed by atoms with Crippen LogP contribution in [-0.4, -0.2) is 12.1 Å². The van der Waals surface area contributed by atoms with Gasteiger partial charge in [0.2, 0.25) is 0 Å². The van der Waals surface area contributed by atoms with E-state index < -0.39 is 0 Å². The van der Waals surface area contributed by atoms with Gasteiger partial charge in [-0.05, 0) is 42.5 Å². The Hall–Kier alpha value is -1.78. The van der Waals surface area contributed by atoms with Crippen LogP contribution in [-0.2, 0) is 0 Å². The third-order valence-electron chi connectivity index (χ3n) is 2.69. The first-order valence-corrected chi connectivity index (χ1v) is 6.91. The lowest BCUT2D eigenvalue weighted by molar-refractivity contribution is 0.415. The summed E-state index contributed by atoms with van der Waals surface area (Å²) < 4.78 is 6.20. The number of methoxy groups -OCH3 is 1. The van der Waals surface area contributed by atoms with Gasteiger partial charge in [0.15, 0.2) is 5.13 Å². The van der Waals surface area contributed by atoms with E-state index in [0.717, 1.165) is 31.8 Å². The third kappa shape index (κ3) is 2.64. The maximum absolute atomic E-state index is 5.97. The highest BCUT2D eigenvalue weighted by Crippen LogP contribution is 2.30. The number of benzene rings is 2. The van der Waals surface area contributed by atoms with Crippen LogP contribution in [0, 0.1) is 0 Å². The predicted molar refractivity (Wildman–Crippen MR) is 80.9 cm³/mol. The van der Waals surface area contributed by atoms with E-state index >= 15 is 0 Å². The second kappa shape index (κ2) is 5.07. The number of hydrogen-bond donors (Lipinski definition) is 1. The van der Waals surface area contributed by atoms with Gasteiger partial charge in [0.05, 0.1) is 17.3 Å². The van der Waals surface area contributed by atoms with E-state index in [0.29, 0.717) is 0 Å². The fraction of sp³-hybridized carbons (Fsp3) is 0.0714. The quantitative estimate of drug-likeness (QED) is 0.759. The Labute approximate surface area is 119 Å². The van der Waals surface area contributed by atoms with Crippen LogP contribution in [0.1, 0.15) is 0 Å². The molecule has 0 saturated carbocycles. The zero-order chi connectivity index (χ0) is 13.2. The van der Waals surface area contributed by atoms with Gasteiger partial charge in [0.1, 0.15) is 5.75 Å². The molecule has 0 unspecified atom stereocenters. The third-order valence-corrected chi connectivity index (χ3v) is 3.86. The molecule has 0 bridgehead atoms. The number of ether oxygens (including phenoxy) is 1. The van der Waals surface area contributed by atoms with Gasteiger partial charge < -0.3 is 10.1 Å². The molecule has 5 heteroatoms. The molecule has 0 atom stereocenters. The lowest BCUT2D eigenvalue weighted by Gasteiger charge is -2.03. The Morgan fingerprint density at radius 2 is 1.95 bits per heavy atom. The number of halogens is 1. The summed E-state index contributed by atoms with van der Waals surface area (Å²) in [5.41, 5.74) is 1.93. The summed E-state index contributed by atoms with van der Waals surface area (Å²) >= 11 is 7.54. The first-order valence-electron chi connectivity index (χ1n) is 5.72. The van der Waals surface area contributed by atoms with Crippen molar-refractivity contribution >= 4 is 44.0 Å². The maximum Gasteiger partial charge on any atom is 0.188 e. The second-order valence-corrected chi connectivity index (χ2v) is 5.45. The van der Waals surface area contributed by atoms with E-state index in [1.54, 1.807) is 18.4 Å². The van der Waals surface area contributed by atoms with Crippen molar-refractivity contribution in [3.63, 3.8) is 0 Å². The van der Waals surface area contributed by atoms with Crippen LogP contribution in [0.3, 0.4) is 0 Å². The minimum atomic E-state index is 0.729. The Balaban J connectivity index is 1.87. The van der Waals surface area contributed by atoms with Crippen LogP contribution in [0.2, 0.25) is 5.02 Å². The molecule has 0 fully saturated rings. The highest BCUT2D eigenvalue weighted by atomic mass is 35.5. The Morgan fingerprint density at radius 1 is 1.16 bits per heavy atom. The first-order chi connectivity index (χ1) is 9.24. The number of fused-ring (bicyclic) bond motifs is 1. The molecule has 3 nitrogen and oxygen atoms in total. The SMILES string of the molecule is COc1ccc(Nc2nc3ccc(Cl)cc3s2)cc1. The number of aromatic nitrogens is 1. The second-order valence-electron chi connectivity index (χ2n) is 3.98. The van der Waals surface area contributed by atoms with Crippen molar-refractivity contribution in [2.24, 2.45) is 0 Å². The molecule has 3 aromatic rings. The Bertz CT molecular complexity index is 709. The molecule has 0 radical (unpaired) electrons. The fourth-order valence-corrected chi connectivity index (χ4v) is 2.91. The molecule has 1 N–H and O–H groups in total. The molecule has 0 aliphatic heterocycles. The normalized spacial score (nSPS) is 10.6. The van der Waals surface area contributed by atoms with Crippen LogP contribution < -0.4 is 10.1 Å². The van der Waals surface area contributed by atoms with Crippen molar-refractivity contribution in [1.29, 1.82) is 0 Å². The zero-order valence-electron chi connectivity index (χ0n) is 10.2. The van der Waals surface area contributed by atoms with Crippen molar-refractivity contribution in [3.05, 3.63) is 47.5 Å². The first kappa shape index (κ1) is 12.3. The van der Waals surface area contributed by atoms with Crippen molar-refractivity contribution in [2.45, 2.75) is 0 Å². The van der Waals surface area contributed by atoms with Gasteiger partial charge >= 0.3 is 0 Å². The number of nitrogens with zero attached hydrogens (tertiary/aromatic N) is 1. The molecular weight excluding hydrogens is 280 g/mol. The minimum absolute atomic E-state index is 0.729. The number of hydrogen-bond acceptors (Lipinski definition) is 4. The lowest BCUT2D eigenvalue weighted by atomic mass is 10.3. The number of thiazole rings is 1. The molecular formula is C14H11ClN2OS. The monoisotopic (exact) mass is 290 g/mol. The summed E-state index contributed by atoms with van der Waals surface area (Å²) in [7, 11) is 1.65. The fourth-order valence-electron chi connectivity index (χ4n) is 1.75. The van der Waals surface area contributed by atoms with E-state index in [-0.39, 0.29) is 0 Å². The molecule has 0 aliphatic rings. The average Bonchev–Trinajstić information content (AvgIpc) is 2.81. The van der Waals surface area contributed by atoms with Gasteiger partial charge in [-0.15, -0.1) is 0 Å². The Kier molecular flexibility index (Phi) is 3.27. The van der Waals surface area contributed by atoms with Gasteiger partial charge in [-0.2, -0.15) is 0 Å². The lowest BCUT2D eigenvalue weighted by Crippen LogP contribution is -1.89. The van der Waals surface area contributed by atoms with E-state index in [4.69, 9.17) is 16.3 Å². The average molecular weight is 291 g/mol. The molecule has 19 heavy (non-hydrogen) atoms. The van der Waals surface area contributed by atoms with Crippen LogP contribution in [0.25, 0.3) is 10.2 Å². The van der Waals surface area contributed by atoms with Crippen LogP contribution >= 0.6 is 22.9 Å². The van der Waals surface area contributed by atoms with Gasteiger partial charge in [-0.1, -0.05) is 22.9 Å². The number of anilines is 2. The van der Waals surface area contributed by atoms with E-state index in [2.05, 4.69) is 10.3 Å². The largest absolute Gasteiger partial charge is 0.497 e. The van der Waals surface area contributed by atoms with E-state index in [9.17, 15) is 0 Å². The topological polar surface area (TPSA) is 34.1 Å². The molecule has 0 saturated heterocycles. The molecule has 0 spiro atoms. The van der Waals surface area contributed by atoms with Crippen molar-refractivity contribution in [3.8, 4) is 5.75 Å². The Morgan fingerprint density at radius 3 is 2.68 bits per heavy atom. The van der Waals surface area contributed by atoms with Crippen molar-refractivity contribution in [1.82, 2.24) is 4.98 Å². The van der Waals surface area contributed by atoms with Crippen LogP contribution in [0.5, 0.6) is 5.75 Å². The number of rotatable bonds is 3.